The standard InChI is InChI=1S/C17H26FN3O.ClH/c1-3-21(11-14-6-4-7-15(18)10-14)17(22)13-20-9-5-8-16(12-20)19-2;/h4,6-7,10,16,19H,3,5,8-9,11-13H2,1-2H3;1H. The minimum Gasteiger partial charge on any atom is -0.338 e. The van der Waals surface area contributed by atoms with E-state index in [1.165, 1.54) is 18.6 Å². The third-order valence-corrected chi connectivity index (χ3v) is 4.27. The van der Waals surface area contributed by atoms with Gasteiger partial charge in [-0.15, -0.1) is 12.4 Å². The van der Waals surface area contributed by atoms with Crippen molar-refractivity contribution in [2.45, 2.75) is 32.4 Å². The van der Waals surface area contributed by atoms with Gasteiger partial charge >= 0.3 is 0 Å². The average Bonchev–Trinajstić information content (AvgIpc) is 2.52. The van der Waals surface area contributed by atoms with Crippen molar-refractivity contribution in [3.8, 4) is 0 Å². The molecule has 0 radical (unpaired) electrons. The summed E-state index contributed by atoms with van der Waals surface area (Å²) in [5.74, 6) is -0.141. The van der Waals surface area contributed by atoms with Crippen LogP contribution >= 0.6 is 12.4 Å². The molecule has 1 aromatic carbocycles. The molecular weight excluding hydrogens is 317 g/mol. The zero-order valence-corrected chi connectivity index (χ0v) is 14.7. The highest BCUT2D eigenvalue weighted by molar-refractivity contribution is 5.85. The minimum absolute atomic E-state index is 0. The summed E-state index contributed by atoms with van der Waals surface area (Å²) < 4.78 is 13.3. The predicted molar refractivity (Wildman–Crippen MR) is 93.3 cm³/mol. The van der Waals surface area contributed by atoms with Gasteiger partial charge in [-0.25, -0.2) is 4.39 Å². The molecule has 130 valence electrons. The molecule has 1 amide bonds. The van der Waals surface area contributed by atoms with Crippen LogP contribution in [0.1, 0.15) is 25.3 Å². The van der Waals surface area contributed by atoms with Gasteiger partial charge in [-0.1, -0.05) is 12.1 Å². The second-order valence-corrected chi connectivity index (χ2v) is 5.90. The Balaban J connectivity index is 0.00000264. The molecule has 0 bridgehead atoms. The number of piperidine rings is 1. The van der Waals surface area contributed by atoms with Gasteiger partial charge in [-0.05, 0) is 51.1 Å². The molecular formula is C17H27ClFN3O. The summed E-state index contributed by atoms with van der Waals surface area (Å²) in [6.45, 7) is 5.40. The third kappa shape index (κ3) is 6.09. The van der Waals surface area contributed by atoms with Gasteiger partial charge in [-0.2, -0.15) is 0 Å². The van der Waals surface area contributed by atoms with Crippen molar-refractivity contribution < 1.29 is 9.18 Å². The second kappa shape index (κ2) is 9.85. The molecule has 1 aliphatic heterocycles. The highest BCUT2D eigenvalue weighted by atomic mass is 35.5. The SMILES string of the molecule is CCN(Cc1cccc(F)c1)C(=O)CN1CCCC(NC)C1.Cl. The lowest BCUT2D eigenvalue weighted by atomic mass is 10.1. The van der Waals surface area contributed by atoms with Gasteiger partial charge < -0.3 is 10.2 Å². The summed E-state index contributed by atoms with van der Waals surface area (Å²) in [5, 5.41) is 3.29. The van der Waals surface area contributed by atoms with E-state index >= 15 is 0 Å². The highest BCUT2D eigenvalue weighted by Gasteiger charge is 2.22. The van der Waals surface area contributed by atoms with Crippen LogP contribution in [0.2, 0.25) is 0 Å². The lowest BCUT2D eigenvalue weighted by Gasteiger charge is -2.33. The van der Waals surface area contributed by atoms with E-state index in [4.69, 9.17) is 0 Å². The predicted octanol–water partition coefficient (Wildman–Crippen LogP) is 2.28. The lowest BCUT2D eigenvalue weighted by molar-refractivity contribution is -0.133. The van der Waals surface area contributed by atoms with Crippen molar-refractivity contribution in [2.75, 3.05) is 33.2 Å². The van der Waals surface area contributed by atoms with Crippen LogP contribution in [-0.4, -0.2) is 55.0 Å². The Bertz CT molecular complexity index is 500. The molecule has 1 saturated heterocycles. The van der Waals surface area contributed by atoms with Gasteiger partial charge in [0.1, 0.15) is 5.82 Å². The zero-order valence-electron chi connectivity index (χ0n) is 13.9. The molecule has 1 fully saturated rings. The molecule has 1 N–H and O–H groups in total. The third-order valence-electron chi connectivity index (χ3n) is 4.27. The Morgan fingerprint density at radius 2 is 2.26 bits per heavy atom. The number of hydrogen-bond acceptors (Lipinski definition) is 3. The van der Waals surface area contributed by atoms with Crippen molar-refractivity contribution in [3.05, 3.63) is 35.6 Å². The van der Waals surface area contributed by atoms with E-state index in [1.807, 2.05) is 20.0 Å². The molecule has 6 heteroatoms. The van der Waals surface area contributed by atoms with Crippen LogP contribution in [0.4, 0.5) is 4.39 Å². The Labute approximate surface area is 144 Å². The number of carbonyl (C=O) groups excluding carboxylic acids is 1. The lowest BCUT2D eigenvalue weighted by Crippen LogP contribution is -2.48. The summed E-state index contributed by atoms with van der Waals surface area (Å²) in [5.41, 5.74) is 0.835. The molecule has 1 aromatic rings. The molecule has 1 atom stereocenters. The number of nitrogens with one attached hydrogen (secondary N) is 1. The summed E-state index contributed by atoms with van der Waals surface area (Å²) in [4.78, 5) is 16.5. The number of likely N-dealkylation sites (tertiary alicyclic amines) is 1. The summed E-state index contributed by atoms with van der Waals surface area (Å²) in [6, 6.07) is 6.93. The molecule has 1 unspecified atom stereocenters. The van der Waals surface area contributed by atoms with Crippen LogP contribution in [-0.2, 0) is 11.3 Å². The van der Waals surface area contributed by atoms with Crippen molar-refractivity contribution in [3.63, 3.8) is 0 Å². The monoisotopic (exact) mass is 343 g/mol. The summed E-state index contributed by atoms with van der Waals surface area (Å²) in [6.07, 6.45) is 2.29. The van der Waals surface area contributed by atoms with Crippen LogP contribution in [0.3, 0.4) is 0 Å². The van der Waals surface area contributed by atoms with Gasteiger partial charge in [0.2, 0.25) is 5.91 Å². The largest absolute Gasteiger partial charge is 0.338 e. The van der Waals surface area contributed by atoms with Gasteiger partial charge in [0.15, 0.2) is 0 Å². The molecule has 23 heavy (non-hydrogen) atoms. The number of likely N-dealkylation sites (N-methyl/N-ethyl adjacent to an activating group) is 2. The number of nitrogens with zero attached hydrogens (tertiary/aromatic N) is 2. The molecule has 0 aromatic heterocycles. The normalized spacial score (nSPS) is 18.3. The first kappa shape index (κ1) is 19.9. The molecule has 1 aliphatic rings. The van der Waals surface area contributed by atoms with Crippen LogP contribution in [0, 0.1) is 5.82 Å². The van der Waals surface area contributed by atoms with Crippen LogP contribution in [0.15, 0.2) is 24.3 Å². The van der Waals surface area contributed by atoms with E-state index in [9.17, 15) is 9.18 Å². The number of carbonyl (C=O) groups is 1. The molecule has 0 spiro atoms. The smallest absolute Gasteiger partial charge is 0.237 e. The first-order chi connectivity index (χ1) is 10.6. The van der Waals surface area contributed by atoms with Crippen LogP contribution < -0.4 is 5.32 Å². The quantitative estimate of drug-likeness (QED) is 0.860. The van der Waals surface area contributed by atoms with Crippen molar-refractivity contribution >= 4 is 18.3 Å². The fourth-order valence-electron chi connectivity index (χ4n) is 2.96. The highest BCUT2D eigenvalue weighted by Crippen LogP contribution is 2.11. The first-order valence-electron chi connectivity index (χ1n) is 8.04. The fraction of sp³-hybridized carbons (Fsp3) is 0.588. The molecule has 1 heterocycles. The molecule has 4 nitrogen and oxygen atoms in total. The average molecular weight is 344 g/mol. The van der Waals surface area contributed by atoms with Crippen molar-refractivity contribution in [1.29, 1.82) is 0 Å². The fourth-order valence-corrected chi connectivity index (χ4v) is 2.96. The van der Waals surface area contributed by atoms with Crippen molar-refractivity contribution in [2.24, 2.45) is 0 Å². The van der Waals surface area contributed by atoms with Gasteiger partial charge in [0.05, 0.1) is 6.54 Å². The minimum atomic E-state index is -0.256. The number of benzene rings is 1. The van der Waals surface area contributed by atoms with Crippen molar-refractivity contribution in [1.82, 2.24) is 15.1 Å². The Hall–Kier alpha value is -1.17. The van der Waals surface area contributed by atoms with E-state index in [2.05, 4.69) is 10.2 Å². The van der Waals surface area contributed by atoms with E-state index < -0.39 is 0 Å². The van der Waals surface area contributed by atoms with E-state index in [0.29, 0.717) is 25.7 Å². The zero-order chi connectivity index (χ0) is 15.9. The van der Waals surface area contributed by atoms with Gasteiger partial charge in [0.25, 0.3) is 0 Å². The van der Waals surface area contributed by atoms with Crippen LogP contribution in [0.5, 0.6) is 0 Å². The topological polar surface area (TPSA) is 35.6 Å². The Morgan fingerprint density at radius 1 is 1.48 bits per heavy atom. The molecule has 0 saturated carbocycles. The van der Waals surface area contributed by atoms with E-state index in [1.54, 1.807) is 11.0 Å². The van der Waals surface area contributed by atoms with E-state index in [-0.39, 0.29) is 24.1 Å². The summed E-state index contributed by atoms with van der Waals surface area (Å²) in [7, 11) is 1.97. The van der Waals surface area contributed by atoms with Crippen LogP contribution in [0.25, 0.3) is 0 Å². The molecule has 2 rings (SSSR count). The van der Waals surface area contributed by atoms with E-state index in [0.717, 1.165) is 25.1 Å². The number of rotatable bonds is 6. The maximum atomic E-state index is 13.3. The second-order valence-electron chi connectivity index (χ2n) is 5.90. The number of halogens is 2. The number of hydrogen-bond donors (Lipinski definition) is 1. The number of amides is 1. The molecule has 0 aliphatic carbocycles. The summed E-state index contributed by atoms with van der Waals surface area (Å²) >= 11 is 0. The maximum absolute atomic E-state index is 13.3. The Kier molecular flexibility index (Phi) is 8.52. The Morgan fingerprint density at radius 3 is 2.91 bits per heavy atom. The maximum Gasteiger partial charge on any atom is 0.237 e. The first-order valence-corrected chi connectivity index (χ1v) is 8.04. The van der Waals surface area contributed by atoms with Gasteiger partial charge in [-0.3, -0.25) is 9.69 Å². The van der Waals surface area contributed by atoms with Gasteiger partial charge in [0, 0.05) is 25.7 Å².